The molecule has 1 aromatic carbocycles. The molecule has 0 saturated heterocycles. The minimum absolute atomic E-state index is 0.0910. The quantitative estimate of drug-likeness (QED) is 0.290. The molecule has 0 saturated carbocycles. The van der Waals surface area contributed by atoms with Gasteiger partial charge in [0.05, 0.1) is 11.2 Å². The molecule has 4 rings (SSSR count). The fourth-order valence-electron chi connectivity index (χ4n) is 5.50. The zero-order valence-electron chi connectivity index (χ0n) is 23.2. The molecule has 3 heteroatoms. The smallest absolute Gasteiger partial charge is 0.0712 e. The van der Waals surface area contributed by atoms with Crippen LogP contribution in [0.25, 0.3) is 17.0 Å². The summed E-state index contributed by atoms with van der Waals surface area (Å²) in [6, 6.07) is 10.8. The number of nitrogens with zero attached hydrogens (tertiary/aromatic N) is 2. The monoisotopic (exact) mass is 520 g/mol. The Bertz CT molecular complexity index is 1500. The summed E-state index contributed by atoms with van der Waals surface area (Å²) in [6.45, 7) is 19.0. The van der Waals surface area contributed by atoms with Crippen molar-refractivity contribution < 1.29 is 0 Å². The van der Waals surface area contributed by atoms with Crippen molar-refractivity contribution in [2.75, 3.05) is 0 Å². The Morgan fingerprint density at radius 2 is 1.87 bits per heavy atom. The molecule has 0 amide bonds. The number of benzene rings is 1. The third-order valence-corrected chi connectivity index (χ3v) is 7.75. The Balaban J connectivity index is 1.97. The summed E-state index contributed by atoms with van der Waals surface area (Å²) in [5, 5.41) is 2.06. The first-order valence-electron chi connectivity index (χ1n) is 13.2. The molecule has 3 aromatic rings. The highest BCUT2D eigenvalue weighted by molar-refractivity contribution is 6.29. The van der Waals surface area contributed by atoms with Crippen molar-refractivity contribution in [1.29, 1.82) is 0 Å². The van der Waals surface area contributed by atoms with Gasteiger partial charge in [-0.25, -0.2) is 4.98 Å². The molecule has 0 aliphatic heterocycles. The fraction of sp³-hybridized carbons (Fsp3) is 0.257. The lowest BCUT2D eigenvalue weighted by Crippen LogP contribution is -2.27. The van der Waals surface area contributed by atoms with E-state index in [2.05, 4.69) is 101 Å². The Labute approximate surface area is 232 Å². The van der Waals surface area contributed by atoms with Crippen LogP contribution in [-0.4, -0.2) is 9.97 Å². The van der Waals surface area contributed by atoms with Gasteiger partial charge in [0.2, 0.25) is 0 Å². The van der Waals surface area contributed by atoms with E-state index in [-0.39, 0.29) is 5.41 Å². The van der Waals surface area contributed by atoms with Gasteiger partial charge < -0.3 is 0 Å². The molecule has 1 unspecified atom stereocenters. The van der Waals surface area contributed by atoms with Crippen LogP contribution in [-0.2, 0) is 10.8 Å². The number of pyridine rings is 2. The number of rotatable bonds is 7. The minimum atomic E-state index is -0.399. The predicted octanol–water partition coefficient (Wildman–Crippen LogP) is 9.70. The van der Waals surface area contributed by atoms with Crippen molar-refractivity contribution in [3.8, 4) is 0 Å². The van der Waals surface area contributed by atoms with Gasteiger partial charge in [-0.1, -0.05) is 88.0 Å². The maximum Gasteiger partial charge on any atom is 0.0712 e. The average molecular weight is 521 g/mol. The van der Waals surface area contributed by atoms with Gasteiger partial charge in [-0.15, -0.1) is 0 Å². The molecule has 1 aliphatic rings. The first kappa shape index (κ1) is 27.5. The summed E-state index contributed by atoms with van der Waals surface area (Å²) in [7, 11) is 0. The number of hydrogen-bond donors (Lipinski definition) is 0. The number of hydrogen-bond acceptors (Lipinski definition) is 2. The van der Waals surface area contributed by atoms with E-state index in [1.165, 1.54) is 22.3 Å². The first-order valence-corrected chi connectivity index (χ1v) is 13.5. The maximum atomic E-state index is 6.56. The first-order chi connectivity index (χ1) is 18.1. The summed E-state index contributed by atoms with van der Waals surface area (Å²) in [5.74, 6) is 0. The van der Waals surface area contributed by atoms with Crippen LogP contribution in [0, 0.1) is 6.92 Å². The number of fused-ring (bicyclic) bond motifs is 1. The Kier molecular flexibility index (Phi) is 8.04. The maximum absolute atomic E-state index is 6.56. The Morgan fingerprint density at radius 3 is 2.50 bits per heavy atom. The van der Waals surface area contributed by atoms with Crippen LogP contribution in [0.2, 0.25) is 0 Å². The van der Waals surface area contributed by atoms with Gasteiger partial charge in [-0.2, -0.15) is 0 Å². The number of aromatic nitrogens is 2. The van der Waals surface area contributed by atoms with E-state index in [0.717, 1.165) is 45.6 Å². The Morgan fingerprint density at radius 1 is 1.08 bits per heavy atom. The Hall–Kier alpha value is -3.49. The van der Waals surface area contributed by atoms with Crippen LogP contribution in [0.5, 0.6) is 0 Å². The van der Waals surface area contributed by atoms with Gasteiger partial charge >= 0.3 is 0 Å². The van der Waals surface area contributed by atoms with Crippen LogP contribution >= 0.6 is 11.6 Å². The molecule has 0 radical (unpaired) electrons. The van der Waals surface area contributed by atoms with Crippen LogP contribution in [0.15, 0.2) is 109 Å². The van der Waals surface area contributed by atoms with Crippen LogP contribution in [0.1, 0.15) is 68.5 Å². The molecule has 0 fully saturated rings. The van der Waals surface area contributed by atoms with Crippen molar-refractivity contribution in [2.45, 2.75) is 58.3 Å². The van der Waals surface area contributed by atoms with E-state index in [1.54, 1.807) is 6.08 Å². The molecule has 0 N–H and O–H groups in total. The second kappa shape index (κ2) is 11.1. The van der Waals surface area contributed by atoms with Gasteiger partial charge in [0.25, 0.3) is 0 Å². The van der Waals surface area contributed by atoms with Gasteiger partial charge in [0.15, 0.2) is 0 Å². The van der Waals surface area contributed by atoms with E-state index >= 15 is 0 Å². The van der Waals surface area contributed by atoms with Crippen LogP contribution in [0.4, 0.5) is 0 Å². The molecule has 1 aliphatic carbocycles. The van der Waals surface area contributed by atoms with Crippen molar-refractivity contribution in [2.24, 2.45) is 0 Å². The number of allylic oxidation sites excluding steroid dienone is 9. The van der Waals surface area contributed by atoms with Crippen molar-refractivity contribution in [3.63, 3.8) is 0 Å². The normalized spacial score (nSPS) is 16.2. The van der Waals surface area contributed by atoms with E-state index in [9.17, 15) is 0 Å². The third-order valence-electron chi connectivity index (χ3n) is 7.46. The second-order valence-electron chi connectivity index (χ2n) is 11.1. The summed E-state index contributed by atoms with van der Waals surface area (Å²) in [5.41, 5.74) is 8.49. The summed E-state index contributed by atoms with van der Waals surface area (Å²) >= 11 is 6.56. The van der Waals surface area contributed by atoms with Gasteiger partial charge in [0.1, 0.15) is 0 Å². The lowest BCUT2D eigenvalue weighted by Gasteiger charge is -2.34. The third kappa shape index (κ3) is 5.37. The molecule has 38 heavy (non-hydrogen) atoms. The molecular formula is C35H37ClN2. The van der Waals surface area contributed by atoms with E-state index in [1.807, 2.05) is 30.6 Å². The molecule has 2 aromatic heterocycles. The van der Waals surface area contributed by atoms with E-state index in [0.29, 0.717) is 0 Å². The highest BCUT2D eigenvalue weighted by Gasteiger charge is 2.34. The zero-order chi connectivity index (χ0) is 27.5. The topological polar surface area (TPSA) is 25.8 Å². The van der Waals surface area contributed by atoms with Crippen molar-refractivity contribution >= 4 is 28.6 Å². The van der Waals surface area contributed by atoms with Crippen molar-refractivity contribution in [3.05, 3.63) is 136 Å². The molecule has 194 valence electrons. The second-order valence-corrected chi connectivity index (χ2v) is 11.6. The van der Waals surface area contributed by atoms with Gasteiger partial charge in [-0.3, -0.25) is 4.98 Å². The SMILES string of the molecule is C=C/C=C(C=C)/C=C/c1nc2ccc(C(C)(C3=CCCC(Cl)=C3)c3cccnc3)cc2c(C)c1C(C)(C)C. The van der Waals surface area contributed by atoms with Gasteiger partial charge in [-0.05, 0) is 95.9 Å². The predicted molar refractivity (Wildman–Crippen MR) is 165 cm³/mol. The molecule has 2 nitrogen and oxygen atoms in total. The number of halogens is 1. The highest BCUT2D eigenvalue weighted by Crippen LogP contribution is 2.44. The standard InChI is InChI=1S/C35H37ClN2/c1-8-12-25(9-2)16-18-32-33(34(4,5)6)24(3)30-22-27(17-19-31(30)38-32)35(7,28-14-11-20-37-23-28)26-13-10-15-29(36)21-26/h8-9,11-14,16-23H,1-2,10,15H2,3-7H3/b18-16+,25-12+. The zero-order valence-corrected chi connectivity index (χ0v) is 23.9. The summed E-state index contributed by atoms with van der Waals surface area (Å²) in [4.78, 5) is 9.62. The largest absolute Gasteiger partial charge is 0.264 e. The molecule has 1 atom stereocenters. The summed E-state index contributed by atoms with van der Waals surface area (Å²) < 4.78 is 0. The lowest BCUT2D eigenvalue weighted by atomic mass is 9.69. The molecular weight excluding hydrogens is 484 g/mol. The fourth-order valence-corrected chi connectivity index (χ4v) is 5.73. The molecule has 0 bridgehead atoms. The van der Waals surface area contributed by atoms with Gasteiger partial charge in [0, 0.05) is 28.2 Å². The highest BCUT2D eigenvalue weighted by atomic mass is 35.5. The van der Waals surface area contributed by atoms with Crippen LogP contribution < -0.4 is 0 Å². The summed E-state index contributed by atoms with van der Waals surface area (Å²) in [6.07, 6.45) is 19.8. The lowest BCUT2D eigenvalue weighted by molar-refractivity contribution is 0.583. The molecule has 2 heterocycles. The van der Waals surface area contributed by atoms with Crippen molar-refractivity contribution in [1.82, 2.24) is 9.97 Å². The average Bonchev–Trinajstić information content (AvgIpc) is 2.90. The number of aryl methyl sites for hydroxylation is 1. The minimum Gasteiger partial charge on any atom is -0.264 e. The van der Waals surface area contributed by atoms with Crippen LogP contribution in [0.3, 0.4) is 0 Å². The van der Waals surface area contributed by atoms with E-state index < -0.39 is 5.41 Å². The molecule has 0 spiro atoms. The van der Waals surface area contributed by atoms with E-state index in [4.69, 9.17) is 16.6 Å².